The lowest BCUT2D eigenvalue weighted by molar-refractivity contribution is 0.0792. The number of likely N-dealkylation sites (tertiary alicyclic amines) is 1. The molecule has 3 aromatic rings. The van der Waals surface area contributed by atoms with Crippen LogP contribution in [-0.4, -0.2) is 38.7 Å². The van der Waals surface area contributed by atoms with Crippen LogP contribution in [0.1, 0.15) is 60.5 Å². The summed E-state index contributed by atoms with van der Waals surface area (Å²) in [5, 5.41) is 18.2. The number of H-pyrrole nitrogens is 1. The Morgan fingerprint density at radius 1 is 1.18 bits per heavy atom. The number of fused-ring (bicyclic) bond motifs is 1. The summed E-state index contributed by atoms with van der Waals surface area (Å²) >= 11 is 0. The van der Waals surface area contributed by atoms with Crippen LogP contribution in [0.2, 0.25) is 0 Å². The monoisotopic (exact) mass is 444 g/mol. The molecule has 1 saturated carbocycles. The lowest BCUT2D eigenvalue weighted by Gasteiger charge is -2.27. The topological polar surface area (TPSA) is 107 Å². The third kappa shape index (κ3) is 3.88. The molecule has 1 amide bonds. The van der Waals surface area contributed by atoms with E-state index in [0.717, 1.165) is 68.4 Å². The van der Waals surface area contributed by atoms with Crippen molar-refractivity contribution in [2.24, 2.45) is 5.92 Å². The van der Waals surface area contributed by atoms with Gasteiger partial charge in [-0.25, -0.2) is 0 Å². The van der Waals surface area contributed by atoms with Gasteiger partial charge >= 0.3 is 0 Å². The van der Waals surface area contributed by atoms with E-state index in [-0.39, 0.29) is 23.4 Å². The first-order chi connectivity index (χ1) is 16.1. The number of pyridine rings is 1. The highest BCUT2D eigenvalue weighted by Gasteiger charge is 2.30. The molecule has 0 bridgehead atoms. The van der Waals surface area contributed by atoms with E-state index < -0.39 is 0 Å². The molecule has 1 saturated heterocycles. The maximum absolute atomic E-state index is 12.8. The van der Waals surface area contributed by atoms with Crippen molar-refractivity contribution in [3.05, 3.63) is 51.9 Å². The van der Waals surface area contributed by atoms with Crippen LogP contribution in [0.15, 0.2) is 35.3 Å². The number of hydrogen-bond acceptors (Lipinski definition) is 5. The second-order valence-electron chi connectivity index (χ2n) is 9.10. The number of carbonyl (C=O) groups excluding carboxylic acids is 1. The number of benzene rings is 1. The summed E-state index contributed by atoms with van der Waals surface area (Å²) in [6.45, 7) is 3.56. The molecule has 1 aliphatic carbocycles. The van der Waals surface area contributed by atoms with Crippen LogP contribution in [0, 0.1) is 24.2 Å². The van der Waals surface area contributed by atoms with Crippen LogP contribution >= 0.6 is 0 Å². The molecule has 170 valence electrons. The summed E-state index contributed by atoms with van der Waals surface area (Å²) in [5.41, 5.74) is 2.86. The summed E-state index contributed by atoms with van der Waals surface area (Å²) in [5.74, 6) is 0.418. The second kappa shape index (κ2) is 8.74. The van der Waals surface area contributed by atoms with Gasteiger partial charge < -0.3 is 15.2 Å². The largest absolute Gasteiger partial charge is 0.339 e. The molecule has 0 spiro atoms. The Bertz CT molecular complexity index is 1290. The van der Waals surface area contributed by atoms with Crippen LogP contribution in [0.3, 0.4) is 0 Å². The highest BCUT2D eigenvalue weighted by molar-refractivity contribution is 5.97. The number of nitriles is 1. The average molecular weight is 445 g/mol. The molecule has 8 heteroatoms. The highest BCUT2D eigenvalue weighted by atomic mass is 16.2. The first-order valence-corrected chi connectivity index (χ1v) is 11.7. The number of carbonyl (C=O) groups is 1. The third-order valence-corrected chi connectivity index (χ3v) is 6.95. The molecule has 3 heterocycles. The molecule has 2 atom stereocenters. The van der Waals surface area contributed by atoms with Gasteiger partial charge in [-0.3, -0.25) is 14.3 Å². The van der Waals surface area contributed by atoms with E-state index in [1.54, 1.807) is 6.20 Å². The highest BCUT2D eigenvalue weighted by Crippen LogP contribution is 2.36. The number of nitrogens with one attached hydrogen (secondary N) is 2. The number of aromatic nitrogens is 3. The van der Waals surface area contributed by atoms with Gasteiger partial charge in [0, 0.05) is 30.5 Å². The molecule has 5 rings (SSSR count). The van der Waals surface area contributed by atoms with Crippen molar-refractivity contribution >= 4 is 28.3 Å². The van der Waals surface area contributed by atoms with E-state index in [2.05, 4.69) is 16.4 Å². The SMILES string of the molecule is Cc1cc(Nc2nn(C3CCCCC3C#N)c3cc[nH]c(=O)c23)ccc1C(=O)N1CCCC1. The standard InChI is InChI=1S/C25H28N6O2/c1-16-14-18(8-9-19(16)25(33)30-12-4-5-13-30)28-23-22-21(10-11-27-24(22)32)31(29-23)20-7-3-2-6-17(20)15-26/h8-11,14,17,20H,2-7,12-13H2,1H3,(H,27,32)(H,28,29). The third-order valence-electron chi connectivity index (χ3n) is 6.95. The smallest absolute Gasteiger partial charge is 0.261 e. The minimum Gasteiger partial charge on any atom is -0.339 e. The molecule has 2 fully saturated rings. The van der Waals surface area contributed by atoms with Gasteiger partial charge in [0.25, 0.3) is 11.5 Å². The van der Waals surface area contributed by atoms with E-state index in [0.29, 0.717) is 16.8 Å². The summed E-state index contributed by atoms with van der Waals surface area (Å²) in [7, 11) is 0. The van der Waals surface area contributed by atoms with Crippen LogP contribution in [0.5, 0.6) is 0 Å². The molecule has 1 aromatic carbocycles. The summed E-state index contributed by atoms with van der Waals surface area (Å²) in [4.78, 5) is 30.2. The van der Waals surface area contributed by atoms with Crippen molar-refractivity contribution in [2.45, 2.75) is 51.5 Å². The quantitative estimate of drug-likeness (QED) is 0.625. The van der Waals surface area contributed by atoms with Gasteiger partial charge in [-0.2, -0.15) is 10.4 Å². The van der Waals surface area contributed by atoms with Crippen LogP contribution in [0.4, 0.5) is 11.5 Å². The average Bonchev–Trinajstić information content (AvgIpc) is 3.48. The van der Waals surface area contributed by atoms with Gasteiger partial charge in [0.1, 0.15) is 5.39 Å². The normalized spacial score (nSPS) is 20.7. The summed E-state index contributed by atoms with van der Waals surface area (Å²) in [6.07, 6.45) is 7.54. The number of aryl methyl sites for hydroxylation is 1. The fourth-order valence-corrected chi connectivity index (χ4v) is 5.20. The Morgan fingerprint density at radius 3 is 2.73 bits per heavy atom. The molecular formula is C25H28N6O2. The van der Waals surface area contributed by atoms with Crippen LogP contribution in [0.25, 0.3) is 10.9 Å². The molecule has 33 heavy (non-hydrogen) atoms. The van der Waals surface area contributed by atoms with Gasteiger partial charge in [0.05, 0.1) is 23.5 Å². The zero-order valence-corrected chi connectivity index (χ0v) is 18.8. The van der Waals surface area contributed by atoms with E-state index in [4.69, 9.17) is 5.10 Å². The zero-order valence-electron chi connectivity index (χ0n) is 18.8. The van der Waals surface area contributed by atoms with E-state index in [1.165, 1.54) is 0 Å². The first kappa shape index (κ1) is 21.3. The van der Waals surface area contributed by atoms with E-state index in [9.17, 15) is 14.9 Å². The Kier molecular flexibility index (Phi) is 5.63. The molecule has 0 radical (unpaired) electrons. The van der Waals surface area contributed by atoms with Crippen molar-refractivity contribution < 1.29 is 4.79 Å². The Balaban J connectivity index is 1.49. The van der Waals surface area contributed by atoms with E-state index in [1.807, 2.05) is 40.8 Å². The van der Waals surface area contributed by atoms with Crippen LogP contribution in [-0.2, 0) is 0 Å². The number of aromatic amines is 1. The second-order valence-corrected chi connectivity index (χ2v) is 9.10. The van der Waals surface area contributed by atoms with Crippen LogP contribution < -0.4 is 10.9 Å². The molecule has 8 nitrogen and oxygen atoms in total. The van der Waals surface area contributed by atoms with Crippen molar-refractivity contribution in [1.29, 1.82) is 5.26 Å². The lowest BCUT2D eigenvalue weighted by atomic mass is 9.85. The summed E-state index contributed by atoms with van der Waals surface area (Å²) in [6, 6.07) is 9.85. The number of nitrogens with zero attached hydrogens (tertiary/aromatic N) is 4. The molecule has 2 aliphatic rings. The number of anilines is 2. The maximum Gasteiger partial charge on any atom is 0.261 e. The zero-order chi connectivity index (χ0) is 22.9. The van der Waals surface area contributed by atoms with Gasteiger partial charge in [0.2, 0.25) is 0 Å². The molecule has 2 aromatic heterocycles. The van der Waals surface area contributed by atoms with Gasteiger partial charge in [-0.1, -0.05) is 12.8 Å². The van der Waals surface area contributed by atoms with Crippen molar-refractivity contribution in [1.82, 2.24) is 19.7 Å². The minimum atomic E-state index is -0.219. The lowest BCUT2D eigenvalue weighted by Crippen LogP contribution is -2.28. The van der Waals surface area contributed by atoms with Crippen molar-refractivity contribution in [2.75, 3.05) is 18.4 Å². The molecule has 2 unspecified atom stereocenters. The predicted octanol–water partition coefficient (Wildman–Crippen LogP) is 4.27. The van der Waals surface area contributed by atoms with Crippen molar-refractivity contribution in [3.63, 3.8) is 0 Å². The number of rotatable bonds is 4. The predicted molar refractivity (Wildman–Crippen MR) is 127 cm³/mol. The Hall–Kier alpha value is -3.60. The molecule has 1 aliphatic heterocycles. The van der Waals surface area contributed by atoms with E-state index >= 15 is 0 Å². The Labute approximate surface area is 192 Å². The van der Waals surface area contributed by atoms with Crippen molar-refractivity contribution in [3.8, 4) is 6.07 Å². The first-order valence-electron chi connectivity index (χ1n) is 11.7. The molecular weight excluding hydrogens is 416 g/mol. The molecule has 2 N–H and O–H groups in total. The van der Waals surface area contributed by atoms with Gasteiger partial charge in [-0.15, -0.1) is 0 Å². The van der Waals surface area contributed by atoms with Gasteiger partial charge in [0.15, 0.2) is 5.82 Å². The Morgan fingerprint density at radius 2 is 1.97 bits per heavy atom. The fraction of sp³-hybridized carbons (Fsp3) is 0.440. The number of hydrogen-bond donors (Lipinski definition) is 2. The maximum atomic E-state index is 12.8. The minimum absolute atomic E-state index is 0.0502. The number of amides is 1. The van der Waals surface area contributed by atoms with Gasteiger partial charge in [-0.05, 0) is 62.4 Å². The summed E-state index contributed by atoms with van der Waals surface area (Å²) < 4.78 is 1.86. The fourth-order valence-electron chi connectivity index (χ4n) is 5.20.